The third-order valence-electron chi connectivity index (χ3n) is 3.67. The van der Waals surface area contributed by atoms with Crippen molar-refractivity contribution in [1.82, 2.24) is 0 Å². The number of hydrogen-bond acceptors (Lipinski definition) is 6. The van der Waals surface area contributed by atoms with Crippen molar-refractivity contribution in [2.45, 2.75) is 17.7 Å². The van der Waals surface area contributed by atoms with E-state index in [4.69, 9.17) is 5.11 Å². The summed E-state index contributed by atoms with van der Waals surface area (Å²) in [5.41, 5.74) is 0.00928. The fourth-order valence-corrected chi connectivity index (χ4v) is 3.48. The van der Waals surface area contributed by atoms with Crippen LogP contribution in [0.3, 0.4) is 0 Å². The Kier molecular flexibility index (Phi) is 4.36. The van der Waals surface area contributed by atoms with Crippen LogP contribution in [0.2, 0.25) is 0 Å². The summed E-state index contributed by atoms with van der Waals surface area (Å²) in [5, 5.41) is 19.9. The number of nitrogens with zero attached hydrogens (tertiary/aromatic N) is 2. The normalized spacial score (nSPS) is 19.0. The zero-order valence-electron chi connectivity index (χ0n) is 11.9. The van der Waals surface area contributed by atoms with E-state index < -0.39 is 26.6 Å². The SMILES string of the molecule is CS(=O)(=O)c1cc([N+](=O)[O-])ccc1N1CCCC(C(=O)O)C1. The average Bonchev–Trinajstić information content (AvgIpc) is 2.45. The van der Waals surface area contributed by atoms with E-state index in [-0.39, 0.29) is 17.1 Å². The number of piperidine rings is 1. The van der Waals surface area contributed by atoms with Crippen molar-refractivity contribution in [2.24, 2.45) is 5.92 Å². The topological polar surface area (TPSA) is 118 Å². The van der Waals surface area contributed by atoms with E-state index in [0.29, 0.717) is 25.1 Å². The molecule has 1 heterocycles. The molecule has 0 aromatic heterocycles. The summed E-state index contributed by atoms with van der Waals surface area (Å²) >= 11 is 0. The maximum absolute atomic E-state index is 11.9. The van der Waals surface area contributed by atoms with Crippen LogP contribution in [-0.4, -0.2) is 43.8 Å². The highest BCUT2D eigenvalue weighted by molar-refractivity contribution is 7.90. The van der Waals surface area contributed by atoms with E-state index in [1.54, 1.807) is 4.90 Å². The molecule has 8 nitrogen and oxygen atoms in total. The van der Waals surface area contributed by atoms with Gasteiger partial charge in [0.05, 0.1) is 21.4 Å². The summed E-state index contributed by atoms with van der Waals surface area (Å²) < 4.78 is 23.8. The third-order valence-corrected chi connectivity index (χ3v) is 4.79. The van der Waals surface area contributed by atoms with Crippen LogP contribution >= 0.6 is 0 Å². The second kappa shape index (κ2) is 5.91. The molecule has 0 saturated carbocycles. The maximum atomic E-state index is 11.9. The first-order chi connectivity index (χ1) is 10.2. The Bertz CT molecular complexity index is 715. The number of non-ortho nitro benzene ring substituents is 1. The number of carbonyl (C=O) groups is 1. The van der Waals surface area contributed by atoms with Crippen molar-refractivity contribution in [3.63, 3.8) is 0 Å². The zero-order valence-corrected chi connectivity index (χ0v) is 12.7. The van der Waals surface area contributed by atoms with E-state index in [1.807, 2.05) is 0 Å². The molecule has 0 spiro atoms. The molecule has 120 valence electrons. The third kappa shape index (κ3) is 3.35. The highest BCUT2D eigenvalue weighted by atomic mass is 32.2. The zero-order chi connectivity index (χ0) is 16.5. The first-order valence-electron chi connectivity index (χ1n) is 6.66. The Balaban J connectivity index is 2.46. The van der Waals surface area contributed by atoms with Crippen molar-refractivity contribution in [2.75, 3.05) is 24.2 Å². The van der Waals surface area contributed by atoms with Gasteiger partial charge >= 0.3 is 5.97 Å². The summed E-state index contributed by atoms with van der Waals surface area (Å²) in [5.74, 6) is -1.50. The maximum Gasteiger partial charge on any atom is 0.308 e. The minimum absolute atomic E-state index is 0.146. The molecule has 1 atom stereocenters. The number of sulfone groups is 1. The van der Waals surface area contributed by atoms with Crippen LogP contribution in [0.1, 0.15) is 12.8 Å². The van der Waals surface area contributed by atoms with Crippen LogP contribution in [-0.2, 0) is 14.6 Å². The minimum atomic E-state index is -3.67. The molecule has 1 aromatic rings. The molecule has 1 fully saturated rings. The van der Waals surface area contributed by atoms with Gasteiger partial charge in [-0.3, -0.25) is 14.9 Å². The average molecular weight is 328 g/mol. The number of carboxylic acids is 1. The molecular weight excluding hydrogens is 312 g/mol. The van der Waals surface area contributed by atoms with E-state index in [2.05, 4.69) is 0 Å². The predicted octanol–water partition coefficient (Wildman–Crippen LogP) is 1.30. The number of anilines is 1. The van der Waals surface area contributed by atoms with Gasteiger partial charge in [-0.25, -0.2) is 8.42 Å². The molecule has 1 aromatic carbocycles. The lowest BCUT2D eigenvalue weighted by atomic mass is 9.98. The van der Waals surface area contributed by atoms with E-state index in [9.17, 15) is 23.3 Å². The largest absolute Gasteiger partial charge is 0.481 e. The van der Waals surface area contributed by atoms with Gasteiger partial charge in [-0.1, -0.05) is 0 Å². The summed E-state index contributed by atoms with van der Waals surface area (Å²) in [6.07, 6.45) is 2.14. The van der Waals surface area contributed by atoms with Crippen LogP contribution in [0.15, 0.2) is 23.1 Å². The van der Waals surface area contributed by atoms with Crippen LogP contribution in [0.5, 0.6) is 0 Å². The fraction of sp³-hybridized carbons (Fsp3) is 0.462. The predicted molar refractivity (Wildman–Crippen MR) is 78.8 cm³/mol. The van der Waals surface area contributed by atoms with Gasteiger partial charge < -0.3 is 10.0 Å². The molecule has 1 N–H and O–H groups in total. The lowest BCUT2D eigenvalue weighted by molar-refractivity contribution is -0.385. The van der Waals surface area contributed by atoms with Gasteiger partial charge in [0.1, 0.15) is 0 Å². The lowest BCUT2D eigenvalue weighted by Gasteiger charge is -2.33. The second-order valence-electron chi connectivity index (χ2n) is 5.30. The molecule has 9 heteroatoms. The van der Waals surface area contributed by atoms with Gasteiger partial charge in [-0.2, -0.15) is 0 Å². The number of hydrogen-bond donors (Lipinski definition) is 1. The van der Waals surface area contributed by atoms with Gasteiger partial charge in [-0.05, 0) is 18.9 Å². The highest BCUT2D eigenvalue weighted by Crippen LogP contribution is 2.32. The number of benzene rings is 1. The number of nitro benzene ring substituents is 1. The van der Waals surface area contributed by atoms with E-state index >= 15 is 0 Å². The lowest BCUT2D eigenvalue weighted by Crippen LogP contribution is -2.39. The molecule has 22 heavy (non-hydrogen) atoms. The first-order valence-corrected chi connectivity index (χ1v) is 8.55. The summed E-state index contributed by atoms with van der Waals surface area (Å²) in [6, 6.07) is 3.63. The Morgan fingerprint density at radius 3 is 2.68 bits per heavy atom. The first kappa shape index (κ1) is 16.2. The van der Waals surface area contributed by atoms with Crippen LogP contribution < -0.4 is 4.90 Å². The standard InChI is InChI=1S/C13H16N2O6S/c1-22(20,21)12-7-10(15(18)19)4-5-11(12)14-6-2-3-9(8-14)13(16)17/h4-5,7,9H,2-3,6,8H2,1H3,(H,16,17). The molecule has 1 aliphatic rings. The molecule has 1 unspecified atom stereocenters. The smallest absolute Gasteiger partial charge is 0.308 e. The van der Waals surface area contributed by atoms with Gasteiger partial charge in [0, 0.05) is 31.5 Å². The fourth-order valence-electron chi connectivity index (χ4n) is 2.57. The quantitative estimate of drug-likeness (QED) is 0.653. The second-order valence-corrected chi connectivity index (χ2v) is 7.29. The van der Waals surface area contributed by atoms with Crippen molar-refractivity contribution in [3.05, 3.63) is 28.3 Å². The molecule has 2 rings (SSSR count). The monoisotopic (exact) mass is 328 g/mol. The van der Waals surface area contributed by atoms with E-state index in [0.717, 1.165) is 12.3 Å². The summed E-state index contributed by atoms with van der Waals surface area (Å²) in [6.45, 7) is 0.708. The van der Waals surface area contributed by atoms with Crippen LogP contribution in [0.4, 0.5) is 11.4 Å². The molecule has 1 saturated heterocycles. The van der Waals surface area contributed by atoms with Gasteiger partial charge in [0.25, 0.3) is 5.69 Å². The Hall–Kier alpha value is -2.16. The number of carboxylic acid groups (broad SMARTS) is 1. The van der Waals surface area contributed by atoms with Crippen molar-refractivity contribution < 1.29 is 23.2 Å². The molecule has 0 bridgehead atoms. The van der Waals surface area contributed by atoms with Gasteiger partial charge in [-0.15, -0.1) is 0 Å². The minimum Gasteiger partial charge on any atom is -0.481 e. The summed E-state index contributed by atoms with van der Waals surface area (Å²) in [4.78, 5) is 22.8. The van der Waals surface area contributed by atoms with Crippen molar-refractivity contribution in [1.29, 1.82) is 0 Å². The Morgan fingerprint density at radius 1 is 1.45 bits per heavy atom. The Morgan fingerprint density at radius 2 is 2.14 bits per heavy atom. The number of aliphatic carboxylic acids is 1. The molecular formula is C13H16N2O6S. The van der Waals surface area contributed by atoms with Crippen LogP contribution in [0, 0.1) is 16.0 Å². The molecule has 0 amide bonds. The van der Waals surface area contributed by atoms with Crippen LogP contribution in [0.25, 0.3) is 0 Å². The van der Waals surface area contributed by atoms with Crippen molar-refractivity contribution in [3.8, 4) is 0 Å². The van der Waals surface area contributed by atoms with Crippen molar-refractivity contribution >= 4 is 27.2 Å². The Labute approximate surface area is 127 Å². The van der Waals surface area contributed by atoms with E-state index in [1.165, 1.54) is 12.1 Å². The summed E-state index contributed by atoms with van der Waals surface area (Å²) in [7, 11) is -3.67. The highest BCUT2D eigenvalue weighted by Gasteiger charge is 2.29. The number of nitro groups is 1. The van der Waals surface area contributed by atoms with Gasteiger partial charge in [0.2, 0.25) is 0 Å². The molecule has 0 radical (unpaired) electrons. The van der Waals surface area contributed by atoms with Gasteiger partial charge in [0.15, 0.2) is 9.84 Å². The number of rotatable bonds is 4. The molecule has 1 aliphatic heterocycles. The molecule has 0 aliphatic carbocycles.